The Kier molecular flexibility index (Phi) is 12.4. The van der Waals surface area contributed by atoms with Gasteiger partial charge in [0.2, 0.25) is 13.4 Å². The minimum absolute atomic E-state index is 0.250. The lowest BCUT2D eigenvalue weighted by molar-refractivity contribution is -0.140. The predicted octanol–water partition coefficient (Wildman–Crippen LogP) is 4.87. The molecule has 0 unspecified atom stereocenters. The van der Waals surface area contributed by atoms with Gasteiger partial charge >= 0.3 is 5.97 Å². The number of hydrogen-bond donors (Lipinski definition) is 0. The normalized spacial score (nSPS) is 11.5. The number of carbonyl (C=O) groups excluding carboxylic acids is 1. The van der Waals surface area contributed by atoms with Crippen molar-refractivity contribution in [1.29, 1.82) is 0 Å². The largest absolute Gasteiger partial charge is 0.469 e. The molecule has 0 saturated carbocycles. The molecule has 0 aliphatic heterocycles. The molecule has 0 rings (SSSR count). The first-order valence-electron chi connectivity index (χ1n) is 4.90. The maximum Gasteiger partial charge on any atom is 0.305 e. The summed E-state index contributed by atoms with van der Waals surface area (Å²) in [4.78, 5) is 10.5. The first kappa shape index (κ1) is 20.7. The number of esters is 1. The van der Waals surface area contributed by atoms with Crippen LogP contribution in [0, 0.1) is 0 Å². The number of rotatable bonds is 5. The number of ether oxygens (including phenoxy) is 1. The fraction of sp³-hybridized carbons (Fsp3) is 0.875. The van der Waals surface area contributed by atoms with E-state index in [1.165, 1.54) is 7.11 Å². The van der Waals surface area contributed by atoms with Gasteiger partial charge in [0.1, 0.15) is 0 Å². The van der Waals surface area contributed by atoms with E-state index in [-0.39, 0.29) is 5.97 Å². The molecule has 0 fully saturated rings. The lowest BCUT2D eigenvalue weighted by Crippen LogP contribution is -2.14. The fourth-order valence-corrected chi connectivity index (χ4v) is 4.41. The summed E-state index contributed by atoms with van der Waals surface area (Å²) in [5.41, 5.74) is 0. The highest BCUT2D eigenvalue weighted by Crippen LogP contribution is 2.21. The lowest BCUT2D eigenvalue weighted by Gasteiger charge is -2.07. The maximum atomic E-state index is 10.5. The Morgan fingerprint density at radius 1 is 1.06 bits per heavy atom. The van der Waals surface area contributed by atoms with E-state index in [4.69, 9.17) is 55.9 Å². The highest BCUT2D eigenvalue weighted by molar-refractivity contribution is 7.45. The van der Waals surface area contributed by atoms with Crippen LogP contribution in [-0.4, -0.2) is 32.3 Å². The summed E-state index contributed by atoms with van der Waals surface area (Å²) in [5, 5.41) is 0. The summed E-state index contributed by atoms with van der Waals surface area (Å²) in [6, 6.07) is 1.33. The van der Waals surface area contributed by atoms with Crippen molar-refractivity contribution >= 4 is 75.3 Å². The van der Waals surface area contributed by atoms with Gasteiger partial charge in [-0.15, -0.1) is 55.9 Å². The molecule has 104 valence electrons. The third-order valence-electron chi connectivity index (χ3n) is 1.53. The number of alkyl halides is 1. The molecule has 2 nitrogen and oxygen atoms in total. The second kappa shape index (κ2) is 10.2. The second-order valence-electron chi connectivity index (χ2n) is 3.66. The molecule has 0 aromatic rings. The highest BCUT2D eigenvalue weighted by atomic mass is 35.7. The van der Waals surface area contributed by atoms with Crippen molar-refractivity contribution in [1.82, 2.24) is 0 Å². The summed E-state index contributed by atoms with van der Waals surface area (Å²) in [6.45, 7) is -0.301. The van der Waals surface area contributed by atoms with Gasteiger partial charge in [-0.05, 0) is 25.2 Å². The quantitative estimate of drug-likeness (QED) is 0.295. The Hall–Kier alpha value is 1.35. The number of carbonyl (C=O) groups is 1. The Morgan fingerprint density at radius 2 is 1.47 bits per heavy atom. The molecule has 0 amide bonds. The summed E-state index contributed by atoms with van der Waals surface area (Å²) >= 11 is 28.1. The summed E-state index contributed by atoms with van der Waals surface area (Å²) in [6.07, 6.45) is 0.326. The SMILES string of the molecule is COC(=O)CC[Si](C)(Cl)Cl.C[Si](Cl)(Cl)CCCl. The summed E-state index contributed by atoms with van der Waals surface area (Å²) in [5.74, 6) is 0.329. The molecular weight excluding hydrogens is 362 g/mol. The Bertz CT molecular complexity index is 215. The van der Waals surface area contributed by atoms with Crippen LogP contribution in [0.5, 0.6) is 0 Å². The Morgan fingerprint density at radius 3 is 1.65 bits per heavy atom. The van der Waals surface area contributed by atoms with E-state index >= 15 is 0 Å². The van der Waals surface area contributed by atoms with Crippen LogP contribution in [0.2, 0.25) is 25.2 Å². The molecule has 0 atom stereocenters. The van der Waals surface area contributed by atoms with Crippen molar-refractivity contribution in [2.75, 3.05) is 13.0 Å². The molecule has 17 heavy (non-hydrogen) atoms. The zero-order chi connectivity index (χ0) is 14.1. The van der Waals surface area contributed by atoms with Crippen LogP contribution < -0.4 is 0 Å². The molecule has 0 bridgehead atoms. The van der Waals surface area contributed by atoms with E-state index in [1.54, 1.807) is 6.55 Å². The highest BCUT2D eigenvalue weighted by Gasteiger charge is 2.22. The molecule has 9 heteroatoms. The molecule has 0 radical (unpaired) electrons. The predicted molar refractivity (Wildman–Crippen MR) is 83.6 cm³/mol. The molecule has 0 aliphatic rings. The van der Waals surface area contributed by atoms with E-state index in [9.17, 15) is 4.79 Å². The van der Waals surface area contributed by atoms with E-state index in [1.807, 2.05) is 6.55 Å². The van der Waals surface area contributed by atoms with Gasteiger partial charge < -0.3 is 4.74 Å². The van der Waals surface area contributed by atoms with Gasteiger partial charge in [0.15, 0.2) is 0 Å². The zero-order valence-corrected chi connectivity index (χ0v) is 15.8. The number of hydrogen-bond acceptors (Lipinski definition) is 2. The van der Waals surface area contributed by atoms with E-state index in [0.29, 0.717) is 18.3 Å². The molecule has 0 aromatic carbocycles. The van der Waals surface area contributed by atoms with Gasteiger partial charge in [-0.25, -0.2) is 0 Å². The standard InChI is InChI=1S/C5H10Cl2O2Si.C3H7Cl3Si/c1-9-5(8)3-4-10(2,6)7;1-7(5,6)3-2-4/h3-4H2,1-2H3;2-3H2,1H3. The van der Waals surface area contributed by atoms with Crippen molar-refractivity contribution in [3.8, 4) is 0 Å². The first-order chi connectivity index (χ1) is 7.52. The molecule has 0 heterocycles. The molecular formula is C8H17Cl5O2Si2. The van der Waals surface area contributed by atoms with Crippen LogP contribution in [0.1, 0.15) is 6.42 Å². The van der Waals surface area contributed by atoms with Crippen molar-refractivity contribution in [3.05, 3.63) is 0 Å². The van der Waals surface area contributed by atoms with E-state index in [2.05, 4.69) is 4.74 Å². The second-order valence-corrected chi connectivity index (χ2v) is 20.5. The van der Waals surface area contributed by atoms with Gasteiger partial charge in [0, 0.05) is 12.3 Å². The number of methoxy groups -OCH3 is 1. The summed E-state index contributed by atoms with van der Waals surface area (Å²) < 4.78 is 4.41. The van der Waals surface area contributed by atoms with Gasteiger partial charge in [-0.1, -0.05) is 0 Å². The lowest BCUT2D eigenvalue weighted by atomic mass is 10.5. The van der Waals surface area contributed by atoms with E-state index in [0.717, 1.165) is 6.04 Å². The van der Waals surface area contributed by atoms with Crippen LogP contribution in [0.25, 0.3) is 0 Å². The molecule has 0 N–H and O–H groups in total. The zero-order valence-electron chi connectivity index (χ0n) is 10.0. The Balaban J connectivity index is 0. The fourth-order valence-electron chi connectivity index (χ4n) is 0.590. The minimum atomic E-state index is -2.09. The van der Waals surface area contributed by atoms with E-state index < -0.39 is 13.4 Å². The molecule has 0 aromatic heterocycles. The molecule has 0 spiro atoms. The third-order valence-corrected chi connectivity index (χ3v) is 6.56. The van der Waals surface area contributed by atoms with Crippen LogP contribution in [0.4, 0.5) is 0 Å². The average Bonchev–Trinajstić information content (AvgIpc) is 2.12. The van der Waals surface area contributed by atoms with Crippen molar-refractivity contribution < 1.29 is 9.53 Å². The first-order valence-corrected chi connectivity index (χ1v) is 14.9. The van der Waals surface area contributed by atoms with Crippen LogP contribution >= 0.6 is 55.9 Å². The van der Waals surface area contributed by atoms with Gasteiger partial charge in [-0.3, -0.25) is 4.79 Å². The van der Waals surface area contributed by atoms with Gasteiger partial charge in [0.25, 0.3) is 0 Å². The van der Waals surface area contributed by atoms with Crippen molar-refractivity contribution in [2.45, 2.75) is 31.6 Å². The smallest absolute Gasteiger partial charge is 0.305 e. The minimum Gasteiger partial charge on any atom is -0.469 e. The molecule has 0 saturated heterocycles. The Labute approximate surface area is 129 Å². The average molecular weight is 379 g/mol. The molecule has 0 aliphatic carbocycles. The monoisotopic (exact) mass is 376 g/mol. The van der Waals surface area contributed by atoms with Crippen molar-refractivity contribution in [2.24, 2.45) is 0 Å². The topological polar surface area (TPSA) is 26.3 Å². The van der Waals surface area contributed by atoms with Crippen LogP contribution in [0.3, 0.4) is 0 Å². The van der Waals surface area contributed by atoms with Gasteiger partial charge in [0.05, 0.1) is 7.11 Å². The van der Waals surface area contributed by atoms with Gasteiger partial charge in [-0.2, -0.15) is 0 Å². The maximum absolute atomic E-state index is 10.5. The van der Waals surface area contributed by atoms with Crippen molar-refractivity contribution in [3.63, 3.8) is 0 Å². The van der Waals surface area contributed by atoms with Crippen LogP contribution in [-0.2, 0) is 9.53 Å². The van der Waals surface area contributed by atoms with Crippen LogP contribution in [0.15, 0.2) is 0 Å². The summed E-state index contributed by atoms with van der Waals surface area (Å²) in [7, 11) is 1.35. The third kappa shape index (κ3) is 22.9. The number of halogens is 5.